The number of amides is 2. The van der Waals surface area contributed by atoms with Gasteiger partial charge in [0, 0.05) is 31.5 Å². The Hall–Kier alpha value is -2.29. The van der Waals surface area contributed by atoms with Gasteiger partial charge in [-0.25, -0.2) is 4.79 Å². The molecule has 27 heavy (non-hydrogen) atoms. The number of rotatable bonds is 7. The summed E-state index contributed by atoms with van der Waals surface area (Å²) in [4.78, 5) is 14.5. The largest absolute Gasteiger partial charge is 0.492 e. The fourth-order valence-corrected chi connectivity index (χ4v) is 3.00. The summed E-state index contributed by atoms with van der Waals surface area (Å²) >= 11 is 6.13. The number of hydrogen-bond acceptors (Lipinski definition) is 5. The zero-order valence-electron chi connectivity index (χ0n) is 15.3. The molecule has 0 atom stereocenters. The molecule has 3 rings (SSSR count). The molecule has 2 N–H and O–H groups in total. The first-order chi connectivity index (χ1) is 13.1. The summed E-state index contributed by atoms with van der Waals surface area (Å²) in [6.07, 6.45) is 3.44. The number of halogens is 1. The van der Waals surface area contributed by atoms with Gasteiger partial charge in [-0.15, -0.1) is 0 Å². The van der Waals surface area contributed by atoms with E-state index in [4.69, 9.17) is 21.1 Å². The fourth-order valence-electron chi connectivity index (χ4n) is 2.76. The summed E-state index contributed by atoms with van der Waals surface area (Å²) in [6, 6.07) is 4.76. The third kappa shape index (κ3) is 5.85. The predicted octanol–water partition coefficient (Wildman–Crippen LogP) is 2.91. The molecule has 9 heteroatoms. The van der Waals surface area contributed by atoms with Crippen molar-refractivity contribution in [1.29, 1.82) is 0 Å². The highest BCUT2D eigenvalue weighted by Crippen LogP contribution is 2.27. The van der Waals surface area contributed by atoms with Crippen LogP contribution in [0.1, 0.15) is 6.92 Å². The van der Waals surface area contributed by atoms with Gasteiger partial charge in [0.25, 0.3) is 0 Å². The minimum atomic E-state index is -0.358. The van der Waals surface area contributed by atoms with E-state index in [9.17, 15) is 4.79 Å². The number of nitrogens with zero attached hydrogens (tertiary/aromatic N) is 3. The van der Waals surface area contributed by atoms with Crippen LogP contribution in [0.3, 0.4) is 0 Å². The summed E-state index contributed by atoms with van der Waals surface area (Å²) in [7, 11) is 0. The van der Waals surface area contributed by atoms with Crippen molar-refractivity contribution in [3.8, 4) is 5.75 Å². The molecule has 0 spiro atoms. The highest BCUT2D eigenvalue weighted by molar-refractivity contribution is 6.32. The van der Waals surface area contributed by atoms with Crippen LogP contribution in [0.15, 0.2) is 30.6 Å². The number of ether oxygens (including phenoxy) is 2. The third-order valence-electron chi connectivity index (χ3n) is 4.13. The van der Waals surface area contributed by atoms with E-state index in [-0.39, 0.29) is 6.03 Å². The van der Waals surface area contributed by atoms with Gasteiger partial charge in [-0.3, -0.25) is 9.58 Å². The molecular formula is C18H24ClN5O3. The Kier molecular flexibility index (Phi) is 6.92. The summed E-state index contributed by atoms with van der Waals surface area (Å²) in [5.74, 6) is 0.590. The van der Waals surface area contributed by atoms with E-state index in [2.05, 4.69) is 20.6 Å². The Bertz CT molecular complexity index is 761. The maximum atomic E-state index is 12.2. The number of aromatic nitrogens is 2. The van der Waals surface area contributed by atoms with E-state index in [1.165, 1.54) is 0 Å². The van der Waals surface area contributed by atoms with Crippen LogP contribution in [-0.4, -0.2) is 60.2 Å². The lowest BCUT2D eigenvalue weighted by atomic mass is 10.3. The van der Waals surface area contributed by atoms with Crippen LogP contribution < -0.4 is 15.4 Å². The molecule has 0 radical (unpaired) electrons. The van der Waals surface area contributed by atoms with Gasteiger partial charge < -0.3 is 20.1 Å². The minimum absolute atomic E-state index is 0.358. The molecule has 2 heterocycles. The van der Waals surface area contributed by atoms with Gasteiger partial charge in [-0.05, 0) is 25.1 Å². The van der Waals surface area contributed by atoms with Crippen LogP contribution >= 0.6 is 11.6 Å². The predicted molar refractivity (Wildman–Crippen MR) is 105 cm³/mol. The van der Waals surface area contributed by atoms with Crippen LogP contribution in [0.4, 0.5) is 16.2 Å². The SMILES string of the molecule is CCOc1ccc(NC(=O)Nc2cnn(CCN3CCOCC3)c2)cc1Cl. The van der Waals surface area contributed by atoms with Crippen LogP contribution in [0.5, 0.6) is 5.75 Å². The molecule has 1 saturated heterocycles. The van der Waals surface area contributed by atoms with Gasteiger partial charge in [0.15, 0.2) is 0 Å². The summed E-state index contributed by atoms with van der Waals surface area (Å²) in [5.41, 5.74) is 1.21. The quantitative estimate of drug-likeness (QED) is 0.756. The maximum Gasteiger partial charge on any atom is 0.323 e. The Morgan fingerprint density at radius 2 is 2.04 bits per heavy atom. The molecule has 8 nitrogen and oxygen atoms in total. The standard InChI is InChI=1S/C18H24ClN5O3/c1-2-27-17-4-3-14(11-16(17)19)21-18(25)22-15-12-20-24(13-15)6-5-23-7-9-26-10-8-23/h3-4,11-13H,2,5-10H2,1H3,(H2,21,22,25). The van der Waals surface area contributed by atoms with E-state index in [0.717, 1.165) is 39.4 Å². The van der Waals surface area contributed by atoms with Crippen molar-refractivity contribution in [3.63, 3.8) is 0 Å². The monoisotopic (exact) mass is 393 g/mol. The third-order valence-corrected chi connectivity index (χ3v) is 4.43. The maximum absolute atomic E-state index is 12.2. The Morgan fingerprint density at radius 3 is 2.78 bits per heavy atom. The molecule has 1 aliphatic heterocycles. The lowest BCUT2D eigenvalue weighted by Crippen LogP contribution is -2.38. The second kappa shape index (κ2) is 9.59. The second-order valence-electron chi connectivity index (χ2n) is 6.10. The van der Waals surface area contributed by atoms with Crippen LogP contribution in [0.2, 0.25) is 5.02 Å². The number of hydrogen-bond donors (Lipinski definition) is 2. The Morgan fingerprint density at radius 1 is 1.26 bits per heavy atom. The Balaban J connectivity index is 1.48. The van der Waals surface area contributed by atoms with Crippen molar-refractivity contribution in [2.24, 2.45) is 0 Å². The average molecular weight is 394 g/mol. The van der Waals surface area contributed by atoms with Gasteiger partial charge >= 0.3 is 6.03 Å². The topological polar surface area (TPSA) is 80.7 Å². The summed E-state index contributed by atoms with van der Waals surface area (Å²) < 4.78 is 12.5. The van der Waals surface area contributed by atoms with Crippen molar-refractivity contribution in [2.75, 3.05) is 50.1 Å². The molecule has 1 aliphatic rings. The molecule has 1 fully saturated rings. The van der Waals surface area contributed by atoms with Crippen LogP contribution in [0, 0.1) is 0 Å². The minimum Gasteiger partial charge on any atom is -0.492 e. The summed E-state index contributed by atoms with van der Waals surface area (Å²) in [5, 5.41) is 10.2. The van der Waals surface area contributed by atoms with Crippen molar-refractivity contribution in [3.05, 3.63) is 35.6 Å². The highest BCUT2D eigenvalue weighted by atomic mass is 35.5. The van der Waals surface area contributed by atoms with Crippen molar-refractivity contribution >= 4 is 29.0 Å². The normalized spacial score (nSPS) is 14.7. The van der Waals surface area contributed by atoms with E-state index in [0.29, 0.717) is 28.8 Å². The zero-order valence-corrected chi connectivity index (χ0v) is 16.0. The zero-order chi connectivity index (χ0) is 19.1. The number of carbonyl (C=O) groups is 1. The number of anilines is 2. The molecule has 0 bridgehead atoms. The number of nitrogens with one attached hydrogen (secondary N) is 2. The number of morpholine rings is 1. The number of carbonyl (C=O) groups excluding carboxylic acids is 1. The lowest BCUT2D eigenvalue weighted by molar-refractivity contribution is 0.0360. The first kappa shape index (κ1) is 19.5. The van der Waals surface area contributed by atoms with Gasteiger partial charge in [0.2, 0.25) is 0 Å². The van der Waals surface area contributed by atoms with Crippen molar-refractivity contribution in [2.45, 2.75) is 13.5 Å². The number of benzene rings is 1. The molecule has 1 aromatic heterocycles. The molecule has 1 aromatic carbocycles. The van der Waals surface area contributed by atoms with Crippen molar-refractivity contribution in [1.82, 2.24) is 14.7 Å². The summed E-state index contributed by atoms with van der Waals surface area (Å²) in [6.45, 7) is 7.53. The van der Waals surface area contributed by atoms with Gasteiger partial charge in [-0.1, -0.05) is 11.6 Å². The van der Waals surface area contributed by atoms with Crippen LogP contribution in [-0.2, 0) is 11.3 Å². The van der Waals surface area contributed by atoms with Gasteiger partial charge in [0.05, 0.1) is 43.3 Å². The van der Waals surface area contributed by atoms with E-state index >= 15 is 0 Å². The van der Waals surface area contributed by atoms with Crippen LogP contribution in [0.25, 0.3) is 0 Å². The van der Waals surface area contributed by atoms with Crippen molar-refractivity contribution < 1.29 is 14.3 Å². The molecule has 146 valence electrons. The average Bonchev–Trinajstić information content (AvgIpc) is 3.10. The molecule has 2 amide bonds. The van der Waals surface area contributed by atoms with E-state index in [1.807, 2.05) is 17.8 Å². The lowest BCUT2D eigenvalue weighted by Gasteiger charge is -2.26. The molecule has 0 saturated carbocycles. The van der Waals surface area contributed by atoms with Gasteiger partial charge in [0.1, 0.15) is 5.75 Å². The first-order valence-corrected chi connectivity index (χ1v) is 9.35. The smallest absolute Gasteiger partial charge is 0.323 e. The van der Waals surface area contributed by atoms with E-state index in [1.54, 1.807) is 24.4 Å². The second-order valence-corrected chi connectivity index (χ2v) is 6.51. The fraction of sp³-hybridized carbons (Fsp3) is 0.444. The molecule has 0 unspecified atom stereocenters. The molecular weight excluding hydrogens is 370 g/mol. The molecule has 0 aliphatic carbocycles. The van der Waals surface area contributed by atoms with Gasteiger partial charge in [-0.2, -0.15) is 5.10 Å². The number of urea groups is 1. The van der Waals surface area contributed by atoms with E-state index < -0.39 is 0 Å². The molecule has 2 aromatic rings. The first-order valence-electron chi connectivity index (χ1n) is 8.97. The Labute approximate surface area is 163 Å². The highest BCUT2D eigenvalue weighted by Gasteiger charge is 2.11.